The minimum atomic E-state index is -3.62. The number of nitrogens with one attached hydrogen (secondary N) is 1. The zero-order valence-corrected chi connectivity index (χ0v) is 29.7. The number of thiophene rings is 1. The monoisotopic (exact) mass is 634 g/mol. The third-order valence-electron chi connectivity index (χ3n) is 7.96. The first-order valence-corrected chi connectivity index (χ1v) is 22.0. The molecule has 0 unspecified atom stereocenters. The molecule has 226 valence electrons. The maximum Gasteiger partial charge on any atom is 0.250 e. The average Bonchev–Trinajstić information content (AvgIpc) is 3.34. The van der Waals surface area contributed by atoms with Crippen LogP contribution in [-0.4, -0.2) is 38.1 Å². The van der Waals surface area contributed by atoms with E-state index in [1.165, 1.54) is 0 Å². The van der Waals surface area contributed by atoms with E-state index in [1.807, 2.05) is 47.8 Å². The molecule has 0 bridgehead atoms. The first-order chi connectivity index (χ1) is 18.8. The van der Waals surface area contributed by atoms with Gasteiger partial charge in [0.25, 0.3) is 16.6 Å². The lowest BCUT2D eigenvalue weighted by molar-refractivity contribution is 0.432. The molecule has 3 aromatic rings. The molecule has 3 rings (SSSR count). The van der Waals surface area contributed by atoms with Gasteiger partial charge < -0.3 is 19.3 Å². The summed E-state index contributed by atoms with van der Waals surface area (Å²) >= 11 is 1.16. The molecule has 2 aromatic carbocycles. The molecule has 7 nitrogen and oxygen atoms in total. The summed E-state index contributed by atoms with van der Waals surface area (Å²) in [5.41, 5.74) is 7.02. The van der Waals surface area contributed by atoms with Gasteiger partial charge in [-0.05, 0) is 66.1 Å². The Morgan fingerprint density at radius 1 is 0.829 bits per heavy atom. The van der Waals surface area contributed by atoms with Crippen molar-refractivity contribution in [2.24, 2.45) is 5.73 Å². The Labute approximate surface area is 252 Å². The van der Waals surface area contributed by atoms with Crippen molar-refractivity contribution in [3.05, 3.63) is 53.9 Å². The fourth-order valence-electron chi connectivity index (χ4n) is 3.36. The van der Waals surface area contributed by atoms with Gasteiger partial charge in [0.15, 0.2) is 0 Å². The van der Waals surface area contributed by atoms with Gasteiger partial charge in [-0.2, -0.15) is 0 Å². The van der Waals surface area contributed by atoms with Crippen molar-refractivity contribution in [1.82, 2.24) is 4.72 Å². The van der Waals surface area contributed by atoms with Crippen LogP contribution in [0.25, 0.3) is 11.1 Å². The Hall–Kier alpha value is -2.16. The van der Waals surface area contributed by atoms with Crippen molar-refractivity contribution in [2.75, 3.05) is 13.1 Å². The van der Waals surface area contributed by atoms with Crippen LogP contribution in [0.2, 0.25) is 36.3 Å². The van der Waals surface area contributed by atoms with Gasteiger partial charge in [-0.15, -0.1) is 11.3 Å². The summed E-state index contributed by atoms with van der Waals surface area (Å²) in [5, 5.41) is 1.85. The maximum absolute atomic E-state index is 12.6. The molecule has 3 N–H and O–H groups in total. The van der Waals surface area contributed by atoms with Crippen molar-refractivity contribution in [2.45, 2.75) is 82.0 Å². The quantitative estimate of drug-likeness (QED) is 0.206. The van der Waals surface area contributed by atoms with E-state index in [1.54, 1.807) is 6.07 Å². The third kappa shape index (κ3) is 8.02. The summed E-state index contributed by atoms with van der Waals surface area (Å²) < 4.78 is 47.9. The Morgan fingerprint density at radius 3 is 2.00 bits per heavy atom. The Balaban J connectivity index is 2.01. The molecule has 0 amide bonds. The van der Waals surface area contributed by atoms with Crippen LogP contribution in [0, 0.1) is 0 Å². The van der Waals surface area contributed by atoms with Gasteiger partial charge in [0.1, 0.15) is 27.2 Å². The number of benzene rings is 2. The first-order valence-electron chi connectivity index (χ1n) is 13.8. The van der Waals surface area contributed by atoms with Crippen molar-refractivity contribution in [1.29, 1.82) is 0 Å². The molecule has 0 atom stereocenters. The van der Waals surface area contributed by atoms with Gasteiger partial charge in [-0.1, -0.05) is 59.7 Å². The fraction of sp³-hybridized carbons (Fsp3) is 0.467. The third-order valence-corrected chi connectivity index (χ3v) is 19.5. The highest BCUT2D eigenvalue weighted by Gasteiger charge is 2.42. The van der Waals surface area contributed by atoms with Crippen LogP contribution in [0.3, 0.4) is 0 Å². The van der Waals surface area contributed by atoms with Gasteiger partial charge in [-0.3, -0.25) is 0 Å². The largest absolute Gasteiger partial charge is 0.541 e. The van der Waals surface area contributed by atoms with E-state index >= 15 is 0 Å². The first kappa shape index (κ1) is 33.3. The van der Waals surface area contributed by atoms with E-state index in [0.717, 1.165) is 28.2 Å². The smallest absolute Gasteiger partial charge is 0.250 e. The fourth-order valence-corrected chi connectivity index (χ4v) is 7.67. The summed E-state index contributed by atoms with van der Waals surface area (Å²) in [6.07, 6.45) is 0. The Morgan fingerprint density at radius 2 is 1.41 bits per heavy atom. The van der Waals surface area contributed by atoms with Crippen LogP contribution < -0.4 is 24.0 Å². The van der Waals surface area contributed by atoms with Crippen molar-refractivity contribution < 1.29 is 22.0 Å². The molecule has 0 aliphatic rings. The standard InChI is InChI=1S/C30H46N2O5S2Si2/c1-29(2,3)40(7,8)36-26-16-15-23(20-27(26)37-41(9,10)30(4,5)6)35-25-14-12-11-13-24(25)22-19-28(38-21-22)39(33,34)32-18-17-31/h11-16,19-21,32H,17-18,31H2,1-10H3. The molecule has 1 heterocycles. The number of hydrogen-bond acceptors (Lipinski definition) is 7. The second kappa shape index (κ2) is 12.2. The maximum atomic E-state index is 12.6. The molecule has 0 spiro atoms. The van der Waals surface area contributed by atoms with E-state index in [2.05, 4.69) is 72.5 Å². The zero-order chi connectivity index (χ0) is 30.9. The highest BCUT2D eigenvalue weighted by molar-refractivity contribution is 7.91. The molecular formula is C30H46N2O5S2Si2. The van der Waals surface area contributed by atoms with Gasteiger partial charge >= 0.3 is 0 Å². The van der Waals surface area contributed by atoms with E-state index in [0.29, 0.717) is 17.2 Å². The zero-order valence-electron chi connectivity index (χ0n) is 26.0. The number of hydrogen-bond donors (Lipinski definition) is 2. The minimum absolute atomic E-state index is 0.000703. The number of para-hydroxylation sites is 1. The van der Waals surface area contributed by atoms with Crippen LogP contribution in [0.4, 0.5) is 0 Å². The van der Waals surface area contributed by atoms with E-state index in [-0.39, 0.29) is 27.4 Å². The number of ether oxygens (including phenoxy) is 1. The van der Waals surface area contributed by atoms with Crippen LogP contribution in [0.15, 0.2) is 58.1 Å². The van der Waals surface area contributed by atoms with Crippen molar-refractivity contribution >= 4 is 38.0 Å². The van der Waals surface area contributed by atoms with Crippen molar-refractivity contribution in [3.8, 4) is 34.1 Å². The van der Waals surface area contributed by atoms with Crippen LogP contribution >= 0.6 is 11.3 Å². The second-order valence-electron chi connectivity index (χ2n) is 13.3. The summed E-state index contributed by atoms with van der Waals surface area (Å²) in [7, 11) is -7.94. The predicted molar refractivity (Wildman–Crippen MR) is 176 cm³/mol. The van der Waals surface area contributed by atoms with E-state index in [9.17, 15) is 8.42 Å². The van der Waals surface area contributed by atoms with E-state index in [4.69, 9.17) is 19.3 Å². The molecule has 0 aliphatic carbocycles. The Bertz CT molecular complexity index is 1460. The van der Waals surface area contributed by atoms with Crippen LogP contribution in [0.5, 0.6) is 23.0 Å². The SMILES string of the molecule is CC(C)(C)[Si](C)(C)Oc1ccc(Oc2ccccc2-c2csc(S(=O)(=O)NCCN)c2)cc1O[Si](C)(C)C(C)(C)C. The van der Waals surface area contributed by atoms with Gasteiger partial charge in [0, 0.05) is 30.1 Å². The van der Waals surface area contributed by atoms with Gasteiger partial charge in [0.2, 0.25) is 10.0 Å². The summed E-state index contributed by atoms with van der Waals surface area (Å²) in [6, 6.07) is 15.0. The van der Waals surface area contributed by atoms with Crippen molar-refractivity contribution in [3.63, 3.8) is 0 Å². The summed E-state index contributed by atoms with van der Waals surface area (Å²) in [6.45, 7) is 22.6. The molecule has 0 saturated heterocycles. The highest BCUT2D eigenvalue weighted by Crippen LogP contribution is 2.45. The minimum Gasteiger partial charge on any atom is -0.541 e. The molecule has 1 aromatic heterocycles. The molecule has 11 heteroatoms. The highest BCUT2D eigenvalue weighted by atomic mass is 32.2. The number of rotatable bonds is 11. The Kier molecular flexibility index (Phi) is 9.94. The van der Waals surface area contributed by atoms with Crippen LogP contribution in [-0.2, 0) is 10.0 Å². The number of nitrogens with two attached hydrogens (primary N) is 1. The van der Waals surface area contributed by atoms with Gasteiger partial charge in [0.05, 0.1) is 0 Å². The van der Waals surface area contributed by atoms with Crippen LogP contribution in [0.1, 0.15) is 41.5 Å². The lowest BCUT2D eigenvalue weighted by Gasteiger charge is -2.39. The summed E-state index contributed by atoms with van der Waals surface area (Å²) in [5.74, 6) is 2.65. The normalized spacial score (nSPS) is 13.2. The molecule has 41 heavy (non-hydrogen) atoms. The lowest BCUT2D eigenvalue weighted by Crippen LogP contribution is -2.45. The lowest BCUT2D eigenvalue weighted by atomic mass is 10.1. The summed E-state index contributed by atoms with van der Waals surface area (Å²) in [4.78, 5) is 0. The molecule has 0 radical (unpaired) electrons. The van der Waals surface area contributed by atoms with E-state index < -0.39 is 26.7 Å². The molecule has 0 saturated carbocycles. The second-order valence-corrected chi connectivity index (χ2v) is 25.6. The van der Waals surface area contributed by atoms with Gasteiger partial charge in [-0.25, -0.2) is 13.1 Å². The molecular weight excluding hydrogens is 589 g/mol. The number of sulfonamides is 1. The average molecular weight is 635 g/mol. The topological polar surface area (TPSA) is 99.9 Å². The predicted octanol–water partition coefficient (Wildman–Crippen LogP) is 8.21. The molecule has 0 aliphatic heterocycles. The molecule has 0 fully saturated rings.